The molecule has 0 aliphatic heterocycles. The van der Waals surface area contributed by atoms with E-state index in [1.807, 2.05) is 55.5 Å². The maximum atomic E-state index is 12.1. The third-order valence-corrected chi connectivity index (χ3v) is 4.02. The van der Waals surface area contributed by atoms with Crippen molar-refractivity contribution in [3.63, 3.8) is 0 Å². The van der Waals surface area contributed by atoms with Crippen molar-refractivity contribution in [1.29, 1.82) is 0 Å². The third-order valence-electron chi connectivity index (χ3n) is 3.49. The molecule has 122 valence electrons. The summed E-state index contributed by atoms with van der Waals surface area (Å²) >= 11 is 3.39. The van der Waals surface area contributed by atoms with Crippen molar-refractivity contribution in [3.8, 4) is 5.75 Å². The van der Waals surface area contributed by atoms with Gasteiger partial charge in [0.25, 0.3) is 0 Å². The first-order valence-corrected chi connectivity index (χ1v) is 8.30. The van der Waals surface area contributed by atoms with Crippen molar-refractivity contribution in [1.82, 2.24) is 5.32 Å². The van der Waals surface area contributed by atoms with E-state index in [1.165, 1.54) is 5.56 Å². The molecular weight excluding hydrogens is 356 g/mol. The lowest BCUT2D eigenvalue weighted by atomic mass is 10.1. The number of hydrogen-bond acceptors (Lipinski definition) is 3. The number of carbonyl (C=O) groups is 1. The van der Waals surface area contributed by atoms with Crippen molar-refractivity contribution in [2.45, 2.75) is 19.4 Å². The quantitative estimate of drug-likeness (QED) is 0.775. The van der Waals surface area contributed by atoms with Crippen LogP contribution in [0.1, 0.15) is 12.5 Å². The molecule has 0 fully saturated rings. The van der Waals surface area contributed by atoms with Crippen LogP contribution < -0.4 is 15.4 Å². The number of hydrogen-bond donors (Lipinski definition) is 2. The van der Waals surface area contributed by atoms with Crippen LogP contribution >= 0.6 is 15.9 Å². The van der Waals surface area contributed by atoms with Gasteiger partial charge in [0.05, 0.1) is 7.11 Å². The number of benzene rings is 2. The Balaban J connectivity index is 1.75. The summed E-state index contributed by atoms with van der Waals surface area (Å²) in [5, 5.41) is 6.13. The van der Waals surface area contributed by atoms with Crippen LogP contribution in [0.15, 0.2) is 53.0 Å². The standard InChI is InChI=1S/C18H21BrN2O2/c1-13(21-16-7-5-15(19)6-8-16)18(22)20-12-11-14-3-9-17(23-2)10-4-14/h3-10,13,21H,11-12H2,1-2H3,(H,20,22)/t13-/m0/s1. The molecule has 0 heterocycles. The number of methoxy groups -OCH3 is 1. The minimum absolute atomic E-state index is 0.0126. The predicted octanol–water partition coefficient (Wildman–Crippen LogP) is 3.62. The van der Waals surface area contributed by atoms with Crippen molar-refractivity contribution >= 4 is 27.5 Å². The molecule has 0 spiro atoms. The molecule has 0 saturated heterocycles. The van der Waals surface area contributed by atoms with Gasteiger partial charge in [0.15, 0.2) is 0 Å². The highest BCUT2D eigenvalue weighted by Gasteiger charge is 2.11. The molecule has 1 atom stereocenters. The Morgan fingerprint density at radius 2 is 1.78 bits per heavy atom. The molecule has 2 N–H and O–H groups in total. The molecule has 2 aromatic carbocycles. The number of carbonyl (C=O) groups excluding carboxylic acids is 1. The summed E-state index contributed by atoms with van der Waals surface area (Å²) in [6.45, 7) is 2.46. The predicted molar refractivity (Wildman–Crippen MR) is 96.9 cm³/mol. The summed E-state index contributed by atoms with van der Waals surface area (Å²) in [5.41, 5.74) is 2.09. The maximum absolute atomic E-state index is 12.1. The van der Waals surface area contributed by atoms with Crippen LogP contribution in [0.3, 0.4) is 0 Å². The van der Waals surface area contributed by atoms with E-state index < -0.39 is 0 Å². The van der Waals surface area contributed by atoms with Gasteiger partial charge in [-0.05, 0) is 55.3 Å². The lowest BCUT2D eigenvalue weighted by Crippen LogP contribution is -2.38. The summed E-state index contributed by atoms with van der Waals surface area (Å²) < 4.78 is 6.14. The van der Waals surface area contributed by atoms with E-state index in [9.17, 15) is 4.79 Å². The van der Waals surface area contributed by atoms with E-state index in [1.54, 1.807) is 7.11 Å². The van der Waals surface area contributed by atoms with Crippen molar-refractivity contribution in [3.05, 3.63) is 58.6 Å². The van der Waals surface area contributed by atoms with Gasteiger partial charge in [-0.2, -0.15) is 0 Å². The van der Waals surface area contributed by atoms with Crippen molar-refractivity contribution in [2.75, 3.05) is 19.0 Å². The molecule has 2 rings (SSSR count). The van der Waals surface area contributed by atoms with Crippen LogP contribution in [0.25, 0.3) is 0 Å². The third kappa shape index (κ3) is 5.60. The molecule has 2 aromatic rings. The van der Waals surface area contributed by atoms with Crippen LogP contribution in [-0.4, -0.2) is 25.6 Å². The summed E-state index contributed by atoms with van der Waals surface area (Å²) in [6.07, 6.45) is 0.792. The van der Waals surface area contributed by atoms with Crippen molar-refractivity contribution < 1.29 is 9.53 Å². The summed E-state index contributed by atoms with van der Waals surface area (Å²) in [6, 6.07) is 15.3. The zero-order chi connectivity index (χ0) is 16.7. The van der Waals surface area contributed by atoms with Gasteiger partial charge in [-0.15, -0.1) is 0 Å². The van der Waals surface area contributed by atoms with Crippen LogP contribution in [0, 0.1) is 0 Å². The molecule has 0 radical (unpaired) electrons. The monoisotopic (exact) mass is 376 g/mol. The number of halogens is 1. The highest BCUT2D eigenvalue weighted by Crippen LogP contribution is 2.15. The molecule has 4 nitrogen and oxygen atoms in total. The van der Waals surface area contributed by atoms with E-state index in [0.29, 0.717) is 6.54 Å². The van der Waals surface area contributed by atoms with Crippen molar-refractivity contribution in [2.24, 2.45) is 0 Å². The van der Waals surface area contributed by atoms with Gasteiger partial charge in [-0.25, -0.2) is 0 Å². The topological polar surface area (TPSA) is 50.4 Å². The van der Waals surface area contributed by atoms with Gasteiger partial charge in [0.2, 0.25) is 5.91 Å². The van der Waals surface area contributed by atoms with E-state index in [2.05, 4.69) is 26.6 Å². The lowest BCUT2D eigenvalue weighted by molar-refractivity contribution is -0.121. The average molecular weight is 377 g/mol. The molecule has 1 amide bonds. The number of rotatable bonds is 7. The normalized spacial score (nSPS) is 11.6. The number of anilines is 1. The molecule has 23 heavy (non-hydrogen) atoms. The van der Waals surface area contributed by atoms with Gasteiger partial charge < -0.3 is 15.4 Å². The highest BCUT2D eigenvalue weighted by molar-refractivity contribution is 9.10. The second kappa shape index (κ2) is 8.58. The molecule has 0 unspecified atom stereocenters. The smallest absolute Gasteiger partial charge is 0.242 e. The van der Waals surface area contributed by atoms with Gasteiger partial charge in [-0.1, -0.05) is 28.1 Å². The molecule has 5 heteroatoms. The molecule has 0 bridgehead atoms. The largest absolute Gasteiger partial charge is 0.497 e. The van der Waals surface area contributed by atoms with E-state index in [4.69, 9.17) is 4.74 Å². The molecular formula is C18H21BrN2O2. The molecule has 0 aliphatic rings. The molecule has 0 aromatic heterocycles. The second-order valence-electron chi connectivity index (χ2n) is 5.26. The molecule has 0 aliphatic carbocycles. The Morgan fingerprint density at radius 3 is 2.39 bits per heavy atom. The lowest BCUT2D eigenvalue weighted by Gasteiger charge is -2.15. The van der Waals surface area contributed by atoms with Crippen LogP contribution in [0.4, 0.5) is 5.69 Å². The fraction of sp³-hybridized carbons (Fsp3) is 0.278. The Kier molecular flexibility index (Phi) is 6.47. The van der Waals surface area contributed by atoms with Crippen LogP contribution in [0.2, 0.25) is 0 Å². The van der Waals surface area contributed by atoms with E-state index in [0.717, 1.165) is 22.3 Å². The Hall–Kier alpha value is -2.01. The van der Waals surface area contributed by atoms with Gasteiger partial charge >= 0.3 is 0 Å². The zero-order valence-corrected chi connectivity index (χ0v) is 14.9. The maximum Gasteiger partial charge on any atom is 0.242 e. The minimum Gasteiger partial charge on any atom is -0.497 e. The highest BCUT2D eigenvalue weighted by atomic mass is 79.9. The Bertz CT molecular complexity index is 626. The van der Waals surface area contributed by atoms with Gasteiger partial charge in [0, 0.05) is 16.7 Å². The first-order chi connectivity index (χ1) is 11.1. The Morgan fingerprint density at radius 1 is 1.13 bits per heavy atom. The number of nitrogens with one attached hydrogen (secondary N) is 2. The van der Waals surface area contributed by atoms with Crippen LogP contribution in [0.5, 0.6) is 5.75 Å². The summed E-state index contributed by atoms with van der Waals surface area (Å²) in [4.78, 5) is 12.1. The summed E-state index contributed by atoms with van der Waals surface area (Å²) in [5.74, 6) is 0.825. The van der Waals surface area contributed by atoms with E-state index in [-0.39, 0.29) is 11.9 Å². The molecule has 0 saturated carbocycles. The second-order valence-corrected chi connectivity index (χ2v) is 6.18. The fourth-order valence-corrected chi connectivity index (χ4v) is 2.40. The fourth-order valence-electron chi connectivity index (χ4n) is 2.14. The van der Waals surface area contributed by atoms with E-state index >= 15 is 0 Å². The van der Waals surface area contributed by atoms with Gasteiger partial charge in [-0.3, -0.25) is 4.79 Å². The Labute approximate surface area is 145 Å². The number of ether oxygens (including phenoxy) is 1. The first kappa shape index (κ1) is 17.3. The minimum atomic E-state index is -0.285. The SMILES string of the molecule is COc1ccc(CCNC(=O)[C@H](C)Nc2ccc(Br)cc2)cc1. The first-order valence-electron chi connectivity index (χ1n) is 7.51. The average Bonchev–Trinajstić information content (AvgIpc) is 2.57. The van der Waals surface area contributed by atoms with Gasteiger partial charge in [0.1, 0.15) is 11.8 Å². The number of amides is 1. The van der Waals surface area contributed by atoms with Crippen LogP contribution in [-0.2, 0) is 11.2 Å². The zero-order valence-electron chi connectivity index (χ0n) is 13.3. The summed E-state index contributed by atoms with van der Waals surface area (Å²) in [7, 11) is 1.65.